The molecule has 0 saturated heterocycles. The third-order valence-corrected chi connectivity index (χ3v) is 4.28. The molecule has 0 aliphatic heterocycles. The third-order valence-electron chi connectivity index (χ3n) is 4.28. The van der Waals surface area contributed by atoms with Crippen LogP contribution in [0.2, 0.25) is 0 Å². The summed E-state index contributed by atoms with van der Waals surface area (Å²) in [5, 5.41) is 10.8. The molecular formula is C20H21FN2O6. The van der Waals surface area contributed by atoms with Gasteiger partial charge < -0.3 is 14.4 Å². The molecule has 154 valence electrons. The Hall–Kier alpha value is -3.49. The van der Waals surface area contributed by atoms with Gasteiger partial charge >= 0.3 is 5.97 Å². The number of likely N-dealkylation sites (N-methyl/N-ethyl adjacent to an activating group) is 1. The summed E-state index contributed by atoms with van der Waals surface area (Å²) < 4.78 is 23.7. The molecule has 0 aliphatic rings. The van der Waals surface area contributed by atoms with E-state index in [2.05, 4.69) is 0 Å². The molecule has 0 fully saturated rings. The molecule has 0 atom stereocenters. The van der Waals surface area contributed by atoms with Gasteiger partial charge in [0.1, 0.15) is 0 Å². The van der Waals surface area contributed by atoms with Crippen LogP contribution in [0.3, 0.4) is 0 Å². The summed E-state index contributed by atoms with van der Waals surface area (Å²) in [7, 11) is 1.36. The maximum Gasteiger partial charge on any atom is 0.338 e. The van der Waals surface area contributed by atoms with Crippen molar-refractivity contribution in [2.75, 3.05) is 20.3 Å². The Morgan fingerprint density at radius 1 is 1.21 bits per heavy atom. The van der Waals surface area contributed by atoms with E-state index < -0.39 is 29.2 Å². The Balaban J connectivity index is 1.99. The van der Waals surface area contributed by atoms with Gasteiger partial charge in [-0.25, -0.2) is 9.18 Å². The van der Waals surface area contributed by atoms with Crippen LogP contribution in [-0.2, 0) is 16.1 Å². The smallest absolute Gasteiger partial charge is 0.338 e. The number of ether oxygens (including phenoxy) is 2. The molecule has 0 aromatic heterocycles. The molecule has 2 aromatic rings. The van der Waals surface area contributed by atoms with E-state index in [9.17, 15) is 24.1 Å². The average Bonchev–Trinajstić information content (AvgIpc) is 2.69. The topological polar surface area (TPSA) is 99.0 Å². The second-order valence-electron chi connectivity index (χ2n) is 6.21. The summed E-state index contributed by atoms with van der Waals surface area (Å²) >= 11 is 0. The highest BCUT2D eigenvalue weighted by Gasteiger charge is 2.18. The number of nitrogens with zero attached hydrogens (tertiary/aromatic N) is 2. The minimum absolute atomic E-state index is 0.107. The fourth-order valence-electron chi connectivity index (χ4n) is 2.69. The van der Waals surface area contributed by atoms with Gasteiger partial charge in [0.05, 0.1) is 17.6 Å². The molecule has 1 amide bonds. The number of halogens is 1. The van der Waals surface area contributed by atoms with Crippen LogP contribution in [0.5, 0.6) is 5.75 Å². The fraction of sp³-hybridized carbons (Fsp3) is 0.300. The zero-order valence-electron chi connectivity index (χ0n) is 16.3. The minimum atomic E-state index is -0.761. The van der Waals surface area contributed by atoms with Crippen molar-refractivity contribution in [1.29, 1.82) is 0 Å². The van der Waals surface area contributed by atoms with Crippen LogP contribution < -0.4 is 4.74 Å². The van der Waals surface area contributed by atoms with Crippen LogP contribution >= 0.6 is 0 Å². The van der Waals surface area contributed by atoms with E-state index in [1.165, 1.54) is 49.3 Å². The number of methoxy groups -OCH3 is 1. The third kappa shape index (κ3) is 5.50. The Labute approximate surface area is 167 Å². The number of esters is 1. The highest BCUT2D eigenvalue weighted by atomic mass is 19.1. The van der Waals surface area contributed by atoms with E-state index >= 15 is 0 Å². The second kappa shape index (κ2) is 9.63. The van der Waals surface area contributed by atoms with Crippen molar-refractivity contribution in [2.24, 2.45) is 0 Å². The van der Waals surface area contributed by atoms with E-state index in [1.807, 2.05) is 0 Å². The molecule has 0 saturated carbocycles. The van der Waals surface area contributed by atoms with Crippen molar-refractivity contribution in [3.8, 4) is 5.75 Å². The Morgan fingerprint density at radius 3 is 2.48 bits per heavy atom. The maximum atomic E-state index is 13.8. The molecule has 2 rings (SSSR count). The molecule has 8 nitrogen and oxygen atoms in total. The lowest BCUT2D eigenvalue weighted by atomic mass is 10.1. The SMILES string of the molecule is CCN(Cc1ccc(OC)c(F)c1)C(=O)COC(=O)c1ccc([N+](=O)[O-])c(C)c1. The maximum absolute atomic E-state index is 13.8. The first-order valence-electron chi connectivity index (χ1n) is 8.79. The normalized spacial score (nSPS) is 10.3. The largest absolute Gasteiger partial charge is 0.494 e. The number of amides is 1. The number of rotatable bonds is 8. The molecule has 0 radical (unpaired) electrons. The second-order valence-corrected chi connectivity index (χ2v) is 6.21. The van der Waals surface area contributed by atoms with E-state index in [0.29, 0.717) is 17.7 Å². The van der Waals surface area contributed by atoms with Crippen molar-refractivity contribution in [1.82, 2.24) is 4.90 Å². The number of hydrogen-bond donors (Lipinski definition) is 0. The number of hydrogen-bond acceptors (Lipinski definition) is 6. The van der Waals surface area contributed by atoms with Crippen molar-refractivity contribution in [3.63, 3.8) is 0 Å². The van der Waals surface area contributed by atoms with E-state index in [4.69, 9.17) is 9.47 Å². The van der Waals surface area contributed by atoms with Gasteiger partial charge in [0.25, 0.3) is 11.6 Å². The number of nitro groups is 1. The van der Waals surface area contributed by atoms with Crippen LogP contribution in [0.4, 0.5) is 10.1 Å². The van der Waals surface area contributed by atoms with Gasteiger partial charge in [-0.1, -0.05) is 6.07 Å². The number of aryl methyl sites for hydroxylation is 1. The van der Waals surface area contributed by atoms with E-state index in [0.717, 1.165) is 0 Å². The lowest BCUT2D eigenvalue weighted by molar-refractivity contribution is -0.385. The zero-order chi connectivity index (χ0) is 21.6. The monoisotopic (exact) mass is 404 g/mol. The van der Waals surface area contributed by atoms with E-state index in [-0.39, 0.29) is 23.5 Å². The number of benzene rings is 2. The van der Waals surface area contributed by atoms with Gasteiger partial charge in [-0.05, 0) is 43.7 Å². The summed E-state index contributed by atoms with van der Waals surface area (Å²) in [6, 6.07) is 8.21. The molecule has 0 N–H and O–H groups in total. The fourth-order valence-corrected chi connectivity index (χ4v) is 2.69. The highest BCUT2D eigenvalue weighted by molar-refractivity contribution is 5.91. The Bertz CT molecular complexity index is 931. The zero-order valence-corrected chi connectivity index (χ0v) is 16.3. The van der Waals surface area contributed by atoms with Gasteiger partial charge in [0.2, 0.25) is 0 Å². The minimum Gasteiger partial charge on any atom is -0.494 e. The molecule has 0 bridgehead atoms. The molecular weight excluding hydrogens is 383 g/mol. The van der Waals surface area contributed by atoms with Crippen LogP contribution in [0.1, 0.15) is 28.4 Å². The van der Waals surface area contributed by atoms with Crippen LogP contribution in [0.15, 0.2) is 36.4 Å². The van der Waals surface area contributed by atoms with Gasteiger partial charge in [-0.15, -0.1) is 0 Å². The average molecular weight is 404 g/mol. The predicted octanol–water partition coefficient (Wildman–Crippen LogP) is 3.26. The first-order chi connectivity index (χ1) is 13.8. The van der Waals surface area contributed by atoms with E-state index in [1.54, 1.807) is 13.0 Å². The first kappa shape index (κ1) is 21.8. The summed E-state index contributed by atoms with van der Waals surface area (Å²) in [4.78, 5) is 36.2. The van der Waals surface area contributed by atoms with Crippen LogP contribution in [0, 0.1) is 22.9 Å². The first-order valence-corrected chi connectivity index (χ1v) is 8.79. The summed E-state index contributed by atoms with van der Waals surface area (Å²) in [5.41, 5.74) is 0.881. The molecule has 0 unspecified atom stereocenters. The van der Waals surface area contributed by atoms with Crippen molar-refractivity contribution >= 4 is 17.6 Å². The van der Waals surface area contributed by atoms with Gasteiger partial charge in [-0.3, -0.25) is 14.9 Å². The summed E-state index contributed by atoms with van der Waals surface area (Å²) in [5.74, 6) is -1.64. The van der Waals surface area contributed by atoms with Crippen molar-refractivity contribution < 1.29 is 28.4 Å². The molecule has 0 heterocycles. The van der Waals surface area contributed by atoms with Gasteiger partial charge in [0.15, 0.2) is 18.2 Å². The summed E-state index contributed by atoms with van der Waals surface area (Å²) in [6.45, 7) is 3.23. The number of carbonyl (C=O) groups excluding carboxylic acids is 2. The lowest BCUT2D eigenvalue weighted by Crippen LogP contribution is -2.34. The standard InChI is InChI=1S/C20H21FN2O6/c1-4-22(11-14-5-8-18(28-3)16(21)10-14)19(24)12-29-20(25)15-6-7-17(23(26)27)13(2)9-15/h5-10H,4,11-12H2,1-3H3. The number of carbonyl (C=O) groups is 2. The highest BCUT2D eigenvalue weighted by Crippen LogP contribution is 2.20. The Kier molecular flexibility index (Phi) is 7.24. The molecule has 29 heavy (non-hydrogen) atoms. The van der Waals surface area contributed by atoms with Crippen molar-refractivity contribution in [3.05, 3.63) is 69.0 Å². The molecule has 2 aromatic carbocycles. The predicted molar refractivity (Wildman–Crippen MR) is 102 cm³/mol. The Morgan fingerprint density at radius 2 is 1.93 bits per heavy atom. The van der Waals surface area contributed by atoms with Crippen LogP contribution in [0.25, 0.3) is 0 Å². The van der Waals surface area contributed by atoms with Crippen LogP contribution in [-0.4, -0.2) is 42.0 Å². The lowest BCUT2D eigenvalue weighted by Gasteiger charge is -2.21. The summed E-state index contributed by atoms with van der Waals surface area (Å²) in [6.07, 6.45) is 0. The molecule has 0 spiro atoms. The molecule has 9 heteroatoms. The number of nitro benzene ring substituents is 1. The quantitative estimate of drug-likeness (QED) is 0.380. The van der Waals surface area contributed by atoms with Crippen molar-refractivity contribution in [2.45, 2.75) is 20.4 Å². The van der Waals surface area contributed by atoms with Gasteiger partial charge in [0, 0.05) is 24.7 Å². The van der Waals surface area contributed by atoms with Gasteiger partial charge in [-0.2, -0.15) is 0 Å². The molecule has 0 aliphatic carbocycles.